The normalized spacial score (nSPS) is 22.0. The summed E-state index contributed by atoms with van der Waals surface area (Å²) in [4.78, 5) is 16.7. The van der Waals surface area contributed by atoms with Crippen molar-refractivity contribution in [1.29, 1.82) is 0 Å². The van der Waals surface area contributed by atoms with Crippen molar-refractivity contribution >= 4 is 7.82 Å². The highest BCUT2D eigenvalue weighted by atomic mass is 31.2. The molecule has 1 rings (SSSR count). The van der Waals surface area contributed by atoms with Gasteiger partial charge in [-0.05, 0) is 31.1 Å². The second-order valence-electron chi connectivity index (χ2n) is 2.93. The summed E-state index contributed by atoms with van der Waals surface area (Å²) in [6, 6.07) is 0. The maximum absolute atomic E-state index is 10.3. The summed E-state index contributed by atoms with van der Waals surface area (Å²) in [7, 11) is -4.62. The average Bonchev–Trinajstić information content (AvgIpc) is 2.10. The van der Waals surface area contributed by atoms with Crippen molar-refractivity contribution in [2.45, 2.75) is 20.1 Å². The molecule has 0 saturated carbocycles. The molecule has 0 aromatic heterocycles. The first-order chi connectivity index (χ1) is 6.90. The van der Waals surface area contributed by atoms with Crippen LogP contribution in [0.2, 0.25) is 0 Å². The second kappa shape index (κ2) is 4.57. The van der Waals surface area contributed by atoms with Crippen LogP contribution in [0, 0.1) is 0 Å². The molecular weight excluding hydrogens is 223 g/mol. The SMILES string of the molecule is CC1=C(C)C(N=NOP(=O)(O)O)OC=C1. The Balaban J connectivity index is 2.61. The van der Waals surface area contributed by atoms with Crippen LogP contribution in [0.15, 0.2) is 33.9 Å². The molecule has 2 N–H and O–H groups in total. The smallest absolute Gasteiger partial charge is 0.471 e. The zero-order valence-corrected chi connectivity index (χ0v) is 9.09. The highest BCUT2D eigenvalue weighted by Gasteiger charge is 2.17. The summed E-state index contributed by atoms with van der Waals surface area (Å²) >= 11 is 0. The van der Waals surface area contributed by atoms with Crippen molar-refractivity contribution in [3.05, 3.63) is 23.5 Å². The first-order valence-corrected chi connectivity index (χ1v) is 5.57. The second-order valence-corrected chi connectivity index (χ2v) is 4.07. The summed E-state index contributed by atoms with van der Waals surface area (Å²) in [6.07, 6.45) is 2.50. The minimum Gasteiger partial charge on any atom is -0.471 e. The maximum Gasteiger partial charge on any atom is 0.546 e. The molecule has 0 bridgehead atoms. The molecule has 15 heavy (non-hydrogen) atoms. The summed E-state index contributed by atoms with van der Waals surface area (Å²) in [5.41, 5.74) is 1.76. The van der Waals surface area contributed by atoms with Gasteiger partial charge in [0.15, 0.2) is 0 Å². The van der Waals surface area contributed by atoms with Crippen LogP contribution in [0.25, 0.3) is 0 Å². The largest absolute Gasteiger partial charge is 0.546 e. The van der Waals surface area contributed by atoms with E-state index >= 15 is 0 Å². The zero-order valence-electron chi connectivity index (χ0n) is 8.19. The molecule has 1 unspecified atom stereocenters. The Morgan fingerprint density at radius 2 is 2.20 bits per heavy atom. The van der Waals surface area contributed by atoms with Crippen LogP contribution in [-0.2, 0) is 13.9 Å². The first-order valence-electron chi connectivity index (χ1n) is 4.04. The number of rotatable bonds is 3. The average molecular weight is 234 g/mol. The molecule has 8 heteroatoms. The van der Waals surface area contributed by atoms with Crippen LogP contribution in [0.1, 0.15) is 13.8 Å². The molecule has 84 valence electrons. The molecule has 7 nitrogen and oxygen atoms in total. The quantitative estimate of drug-likeness (QED) is 0.439. The van der Waals surface area contributed by atoms with Gasteiger partial charge in [-0.25, -0.2) is 4.57 Å². The van der Waals surface area contributed by atoms with E-state index in [1.165, 1.54) is 6.26 Å². The van der Waals surface area contributed by atoms with Crippen LogP contribution in [0.5, 0.6) is 0 Å². The summed E-state index contributed by atoms with van der Waals surface area (Å²) in [5, 5.41) is 6.40. The van der Waals surface area contributed by atoms with Gasteiger partial charge in [0.2, 0.25) is 6.23 Å². The highest BCUT2D eigenvalue weighted by molar-refractivity contribution is 7.46. The number of nitrogens with zero attached hydrogens (tertiary/aromatic N) is 2. The van der Waals surface area contributed by atoms with E-state index in [0.717, 1.165) is 11.1 Å². The third kappa shape index (κ3) is 3.83. The van der Waals surface area contributed by atoms with E-state index in [1.807, 2.05) is 6.92 Å². The molecule has 0 aliphatic carbocycles. The lowest BCUT2D eigenvalue weighted by atomic mass is 10.1. The van der Waals surface area contributed by atoms with E-state index in [0.29, 0.717) is 0 Å². The van der Waals surface area contributed by atoms with E-state index in [1.54, 1.807) is 13.0 Å². The van der Waals surface area contributed by atoms with E-state index in [2.05, 4.69) is 15.0 Å². The molecular formula is C7H11N2O5P. The van der Waals surface area contributed by atoms with Gasteiger partial charge in [0.1, 0.15) is 0 Å². The van der Waals surface area contributed by atoms with Gasteiger partial charge in [-0.1, -0.05) is 0 Å². The molecule has 1 heterocycles. The van der Waals surface area contributed by atoms with Crippen LogP contribution in [-0.4, -0.2) is 16.0 Å². The van der Waals surface area contributed by atoms with Gasteiger partial charge in [0.25, 0.3) is 0 Å². The van der Waals surface area contributed by atoms with E-state index in [4.69, 9.17) is 14.5 Å². The number of hydrogen-bond acceptors (Lipinski definition) is 5. The first kappa shape index (κ1) is 11.9. The Bertz CT molecular complexity index is 370. The summed E-state index contributed by atoms with van der Waals surface area (Å²) in [5.74, 6) is 0. The van der Waals surface area contributed by atoms with Gasteiger partial charge in [0.05, 0.1) is 6.26 Å². The van der Waals surface area contributed by atoms with Crippen molar-refractivity contribution in [3.8, 4) is 0 Å². The van der Waals surface area contributed by atoms with E-state index < -0.39 is 14.1 Å². The molecule has 1 aliphatic heterocycles. The summed E-state index contributed by atoms with van der Waals surface area (Å²) < 4.78 is 19.1. The third-order valence-corrected chi connectivity index (χ3v) is 2.10. The van der Waals surface area contributed by atoms with Gasteiger partial charge in [-0.2, -0.15) is 0 Å². The van der Waals surface area contributed by atoms with Crippen LogP contribution < -0.4 is 0 Å². The molecule has 0 fully saturated rings. The Morgan fingerprint density at radius 1 is 1.53 bits per heavy atom. The molecule has 0 aromatic rings. The summed E-state index contributed by atoms with van der Waals surface area (Å²) in [6.45, 7) is 3.64. The van der Waals surface area contributed by atoms with Gasteiger partial charge < -0.3 is 4.74 Å². The standard InChI is InChI=1S/C7H11N2O5P/c1-5-3-4-13-7(6(5)2)8-9-14-15(10,11)12/h3-4,7H,1-2H3,(H2,10,11,12). The minimum atomic E-state index is -4.62. The number of ether oxygens (including phenoxy) is 1. The van der Waals surface area contributed by atoms with Gasteiger partial charge in [-0.3, -0.25) is 14.4 Å². The van der Waals surface area contributed by atoms with Crippen molar-refractivity contribution in [2.75, 3.05) is 0 Å². The molecule has 0 aromatic carbocycles. The van der Waals surface area contributed by atoms with E-state index in [9.17, 15) is 4.57 Å². The number of hydrogen-bond donors (Lipinski definition) is 2. The predicted molar refractivity (Wildman–Crippen MR) is 50.4 cm³/mol. The van der Waals surface area contributed by atoms with Crippen molar-refractivity contribution in [2.24, 2.45) is 10.4 Å². The lowest BCUT2D eigenvalue weighted by Gasteiger charge is -2.16. The van der Waals surface area contributed by atoms with Crippen LogP contribution >= 0.6 is 7.82 Å². The van der Waals surface area contributed by atoms with Crippen molar-refractivity contribution in [1.82, 2.24) is 0 Å². The fourth-order valence-electron chi connectivity index (χ4n) is 0.869. The van der Waals surface area contributed by atoms with Crippen LogP contribution in [0.4, 0.5) is 0 Å². The van der Waals surface area contributed by atoms with E-state index in [-0.39, 0.29) is 0 Å². The molecule has 0 saturated heterocycles. The van der Waals surface area contributed by atoms with Gasteiger partial charge in [0, 0.05) is 5.28 Å². The molecule has 0 amide bonds. The Labute approximate surface area is 86.3 Å². The highest BCUT2D eigenvalue weighted by Crippen LogP contribution is 2.36. The molecule has 0 spiro atoms. The van der Waals surface area contributed by atoms with Crippen molar-refractivity contribution in [3.63, 3.8) is 0 Å². The lowest BCUT2D eigenvalue weighted by molar-refractivity contribution is 0.137. The van der Waals surface area contributed by atoms with Gasteiger partial charge in [-0.15, -0.1) is 5.11 Å². The maximum atomic E-state index is 10.3. The molecule has 1 atom stereocenters. The fraction of sp³-hybridized carbons (Fsp3) is 0.429. The van der Waals surface area contributed by atoms with Crippen LogP contribution in [0.3, 0.4) is 0 Å². The number of allylic oxidation sites excluding steroid dienone is 2. The molecule has 1 aliphatic rings. The van der Waals surface area contributed by atoms with Crippen molar-refractivity contribution < 1.29 is 23.7 Å². The number of phosphoric acid groups is 1. The molecule has 0 radical (unpaired) electrons. The van der Waals surface area contributed by atoms with Gasteiger partial charge >= 0.3 is 7.82 Å². The topological polar surface area (TPSA) is 101 Å². The Kier molecular flexibility index (Phi) is 3.62. The Morgan fingerprint density at radius 3 is 2.80 bits per heavy atom. The Hall–Kier alpha value is -1.17. The third-order valence-electron chi connectivity index (χ3n) is 1.81. The predicted octanol–water partition coefficient (Wildman–Crippen LogP) is 1.67. The monoisotopic (exact) mass is 234 g/mol. The zero-order chi connectivity index (χ0) is 11.5. The lowest BCUT2D eigenvalue weighted by Crippen LogP contribution is -2.12. The minimum absolute atomic E-state index is 0.693. The fourth-order valence-corrected chi connectivity index (χ4v) is 1.01.